The normalized spacial score (nSPS) is 13.4. The molecule has 0 aromatic rings. The summed E-state index contributed by atoms with van der Waals surface area (Å²) in [5.41, 5.74) is 0. The van der Waals surface area contributed by atoms with E-state index in [9.17, 15) is 19.0 Å². The molecule has 0 fully saturated rings. The van der Waals surface area contributed by atoms with Gasteiger partial charge in [0.25, 0.3) is 7.82 Å². The molecule has 2 atom stereocenters. The van der Waals surface area contributed by atoms with Gasteiger partial charge in [0, 0.05) is 12.8 Å². The van der Waals surface area contributed by atoms with E-state index in [1.54, 1.807) is 0 Å². The third-order valence-corrected chi connectivity index (χ3v) is 14.4. The lowest BCUT2D eigenvalue weighted by Crippen LogP contribution is -2.37. The number of hydrogen-bond donors (Lipinski definition) is 0. The van der Waals surface area contributed by atoms with Crippen LogP contribution in [0.2, 0.25) is 0 Å². The Morgan fingerprint density at radius 2 is 0.771 bits per heavy atom. The van der Waals surface area contributed by atoms with E-state index in [1.807, 2.05) is 21.1 Å². The van der Waals surface area contributed by atoms with Crippen LogP contribution in [0, 0.1) is 0 Å². The van der Waals surface area contributed by atoms with E-state index in [0.29, 0.717) is 17.4 Å². The zero-order valence-electron chi connectivity index (χ0n) is 47.0. The largest absolute Gasteiger partial charge is 0.756 e. The highest BCUT2D eigenvalue weighted by atomic mass is 31.2. The number of phosphoric ester groups is 1. The van der Waals surface area contributed by atoms with Gasteiger partial charge in [0.2, 0.25) is 0 Å². The number of carbonyl (C=O) groups excluding carboxylic acids is 2. The number of ether oxygens (including phenoxy) is 2. The fourth-order valence-corrected chi connectivity index (χ4v) is 9.54. The molecule has 0 aromatic heterocycles. The molecule has 0 aromatic carbocycles. The molecule has 0 amide bonds. The molecule has 0 aliphatic rings. The standard InChI is InChI=1S/C60H116NO8P/c1-6-8-10-12-14-16-18-20-22-23-24-25-26-27-28-29-30-31-32-33-34-35-36-37-39-40-42-44-46-48-50-52-59(62)66-56-58(57-68-70(64,65)67-55-54-61(3,4)5)69-60(63)53-51-49-47-45-43-41-38-21-19-17-15-13-11-9-7-2/h15,17,21,38,58H,6-14,16,18-20,22-37,39-57H2,1-5H3/b17-15-,38-21-. The summed E-state index contributed by atoms with van der Waals surface area (Å²) >= 11 is 0. The van der Waals surface area contributed by atoms with Crippen molar-refractivity contribution in [1.29, 1.82) is 0 Å². The number of unbranched alkanes of at least 4 members (excludes halogenated alkanes) is 38. The van der Waals surface area contributed by atoms with Gasteiger partial charge in [-0.25, -0.2) is 0 Å². The Morgan fingerprint density at radius 1 is 0.443 bits per heavy atom. The van der Waals surface area contributed by atoms with Crippen LogP contribution < -0.4 is 4.89 Å². The summed E-state index contributed by atoms with van der Waals surface area (Å²) in [6, 6.07) is 0. The molecule has 2 unspecified atom stereocenters. The van der Waals surface area contributed by atoms with E-state index in [0.717, 1.165) is 57.8 Å². The van der Waals surface area contributed by atoms with Gasteiger partial charge in [-0.1, -0.05) is 263 Å². The van der Waals surface area contributed by atoms with Gasteiger partial charge in [0.1, 0.15) is 19.8 Å². The maximum atomic E-state index is 12.7. The van der Waals surface area contributed by atoms with Crippen molar-refractivity contribution < 1.29 is 42.1 Å². The van der Waals surface area contributed by atoms with E-state index in [-0.39, 0.29) is 32.0 Å². The maximum Gasteiger partial charge on any atom is 0.306 e. The van der Waals surface area contributed by atoms with Crippen molar-refractivity contribution in [3.05, 3.63) is 24.3 Å². The number of allylic oxidation sites excluding steroid dienone is 4. The van der Waals surface area contributed by atoms with Crippen LogP contribution in [0.3, 0.4) is 0 Å². The maximum absolute atomic E-state index is 12.7. The number of likely N-dealkylation sites (N-methyl/N-ethyl adjacent to an activating group) is 1. The van der Waals surface area contributed by atoms with E-state index in [2.05, 4.69) is 38.2 Å². The van der Waals surface area contributed by atoms with E-state index < -0.39 is 26.5 Å². The summed E-state index contributed by atoms with van der Waals surface area (Å²) in [5, 5.41) is 0. The number of rotatable bonds is 56. The van der Waals surface area contributed by atoms with Crippen LogP contribution in [0.5, 0.6) is 0 Å². The van der Waals surface area contributed by atoms with Gasteiger partial charge in [0.15, 0.2) is 6.10 Å². The Hall–Kier alpha value is -1.51. The van der Waals surface area contributed by atoms with Gasteiger partial charge in [0.05, 0.1) is 27.7 Å². The number of quaternary nitrogens is 1. The van der Waals surface area contributed by atoms with Crippen LogP contribution >= 0.6 is 7.82 Å². The Balaban J connectivity index is 3.99. The molecule has 10 heteroatoms. The molecule has 0 saturated heterocycles. The summed E-state index contributed by atoms with van der Waals surface area (Å²) in [7, 11) is 1.17. The molecule has 0 aliphatic heterocycles. The molecule has 0 bridgehead atoms. The lowest BCUT2D eigenvalue weighted by molar-refractivity contribution is -0.870. The first-order valence-corrected chi connectivity index (χ1v) is 31.5. The highest BCUT2D eigenvalue weighted by Crippen LogP contribution is 2.38. The van der Waals surface area contributed by atoms with Crippen molar-refractivity contribution in [2.75, 3.05) is 47.5 Å². The van der Waals surface area contributed by atoms with E-state index >= 15 is 0 Å². The monoisotopic (exact) mass is 1010 g/mol. The molecule has 0 spiro atoms. The molecule has 0 radical (unpaired) electrons. The number of phosphoric acid groups is 1. The average molecular weight is 1010 g/mol. The second-order valence-electron chi connectivity index (χ2n) is 21.7. The van der Waals surface area contributed by atoms with Gasteiger partial charge in [-0.2, -0.15) is 0 Å². The van der Waals surface area contributed by atoms with Crippen LogP contribution in [0.4, 0.5) is 0 Å². The third-order valence-electron chi connectivity index (χ3n) is 13.5. The highest BCUT2D eigenvalue weighted by molar-refractivity contribution is 7.45. The van der Waals surface area contributed by atoms with E-state index in [4.69, 9.17) is 18.5 Å². The Kier molecular flexibility index (Phi) is 51.2. The fourth-order valence-electron chi connectivity index (χ4n) is 8.81. The predicted molar refractivity (Wildman–Crippen MR) is 296 cm³/mol. The molecule has 0 rings (SSSR count). The minimum absolute atomic E-state index is 0.0315. The number of carbonyl (C=O) groups is 2. The summed E-state index contributed by atoms with van der Waals surface area (Å²) in [5.74, 6) is -0.835. The Labute approximate surface area is 434 Å². The summed E-state index contributed by atoms with van der Waals surface area (Å²) in [6.45, 7) is 4.24. The average Bonchev–Trinajstić information content (AvgIpc) is 3.32. The van der Waals surface area contributed by atoms with Crippen LogP contribution in [-0.2, 0) is 32.7 Å². The van der Waals surface area contributed by atoms with Crippen molar-refractivity contribution >= 4 is 19.8 Å². The van der Waals surface area contributed by atoms with Gasteiger partial charge in [-0.15, -0.1) is 0 Å². The van der Waals surface area contributed by atoms with Crippen molar-refractivity contribution in [2.45, 2.75) is 302 Å². The lowest BCUT2D eigenvalue weighted by Gasteiger charge is -2.28. The summed E-state index contributed by atoms with van der Waals surface area (Å²) < 4.78 is 34.1. The molecule has 0 N–H and O–H groups in total. The van der Waals surface area contributed by atoms with Crippen molar-refractivity contribution in [3.63, 3.8) is 0 Å². The first-order chi connectivity index (χ1) is 34.0. The molecule has 0 aliphatic carbocycles. The minimum atomic E-state index is -4.63. The van der Waals surface area contributed by atoms with Crippen molar-refractivity contribution in [3.8, 4) is 0 Å². The van der Waals surface area contributed by atoms with Crippen molar-refractivity contribution in [2.24, 2.45) is 0 Å². The Bertz CT molecular complexity index is 1240. The molecule has 414 valence electrons. The van der Waals surface area contributed by atoms with Gasteiger partial charge >= 0.3 is 11.9 Å². The molecule has 70 heavy (non-hydrogen) atoms. The minimum Gasteiger partial charge on any atom is -0.756 e. The van der Waals surface area contributed by atoms with Crippen LogP contribution in [0.15, 0.2) is 24.3 Å². The summed E-state index contributed by atoms with van der Waals surface area (Å²) in [6.07, 6.45) is 62.5. The molecule has 9 nitrogen and oxygen atoms in total. The molecular formula is C60H116NO8P. The first-order valence-electron chi connectivity index (χ1n) is 30.0. The van der Waals surface area contributed by atoms with Crippen LogP contribution in [-0.4, -0.2) is 70.0 Å². The second kappa shape index (κ2) is 52.4. The van der Waals surface area contributed by atoms with Gasteiger partial charge < -0.3 is 27.9 Å². The third kappa shape index (κ3) is 55.8. The number of esters is 2. The van der Waals surface area contributed by atoms with Gasteiger partial charge in [-0.05, 0) is 44.9 Å². The smallest absolute Gasteiger partial charge is 0.306 e. The van der Waals surface area contributed by atoms with Crippen molar-refractivity contribution in [1.82, 2.24) is 0 Å². The van der Waals surface area contributed by atoms with Crippen LogP contribution in [0.1, 0.15) is 296 Å². The summed E-state index contributed by atoms with van der Waals surface area (Å²) in [4.78, 5) is 37.8. The second-order valence-corrected chi connectivity index (χ2v) is 23.1. The zero-order chi connectivity index (χ0) is 51.3. The number of hydrogen-bond acceptors (Lipinski definition) is 8. The lowest BCUT2D eigenvalue weighted by atomic mass is 10.0. The molecular weight excluding hydrogens is 894 g/mol. The van der Waals surface area contributed by atoms with Gasteiger partial charge in [-0.3, -0.25) is 14.2 Å². The number of nitrogens with zero attached hydrogens (tertiary/aromatic N) is 1. The molecule has 0 heterocycles. The fraction of sp³-hybridized carbons (Fsp3) is 0.900. The quantitative estimate of drug-likeness (QED) is 0.0195. The molecule has 0 saturated carbocycles. The predicted octanol–water partition coefficient (Wildman–Crippen LogP) is 18.0. The Morgan fingerprint density at radius 3 is 1.16 bits per heavy atom. The van der Waals surface area contributed by atoms with E-state index in [1.165, 1.54) is 205 Å². The first kappa shape index (κ1) is 68.5. The van der Waals surface area contributed by atoms with Crippen LogP contribution in [0.25, 0.3) is 0 Å². The highest BCUT2D eigenvalue weighted by Gasteiger charge is 2.22. The topological polar surface area (TPSA) is 111 Å². The zero-order valence-corrected chi connectivity index (χ0v) is 47.9. The SMILES string of the molecule is CCCCC/C=C\C/C=C\CCCCCCCC(=O)OC(COC(=O)CCCCCCCCCCCCCCCCCCCCCCCCCCCCCCCCC)COP(=O)([O-])OCC[N+](C)(C)C.